The van der Waals surface area contributed by atoms with Gasteiger partial charge in [-0.25, -0.2) is 8.42 Å². The molecule has 0 bridgehead atoms. The second-order valence-electron chi connectivity index (χ2n) is 1.85. The molecule has 4 nitrogen and oxygen atoms in total. The molecule has 0 spiro atoms. The number of alkyl halides is 1. The lowest BCUT2D eigenvalue weighted by atomic mass is 10.4. The molecular formula is C4H9ClO4S2. The van der Waals surface area contributed by atoms with Crippen molar-refractivity contribution in [2.45, 2.75) is 17.6 Å². The van der Waals surface area contributed by atoms with Gasteiger partial charge in [0.2, 0.25) is 0 Å². The molecular weight excluding hydrogens is 212 g/mol. The molecule has 0 heterocycles. The molecule has 0 radical (unpaired) electrons. The number of rotatable bonds is 5. The first-order chi connectivity index (χ1) is 5.04. The highest BCUT2D eigenvalue weighted by Gasteiger charge is 2.10. The fourth-order valence-electron chi connectivity index (χ4n) is 0.468. The topological polar surface area (TPSA) is 74.6 Å². The lowest BCUT2D eigenvalue weighted by Crippen LogP contribution is -2.08. The summed E-state index contributed by atoms with van der Waals surface area (Å²) in [4.78, 5) is 0. The molecule has 0 rings (SSSR count). The van der Waals surface area contributed by atoms with Crippen LogP contribution in [-0.2, 0) is 22.2 Å². The average Bonchev–Trinajstić information content (AvgIpc) is 1.86. The maximum absolute atomic E-state index is 10.2. The summed E-state index contributed by atoms with van der Waals surface area (Å²) in [6.07, 6.45) is 0.653. The third kappa shape index (κ3) is 6.89. The van der Waals surface area contributed by atoms with Gasteiger partial charge in [-0.15, -0.1) is 11.6 Å². The minimum atomic E-state index is -2.04. The molecule has 0 amide bonds. The van der Waals surface area contributed by atoms with Gasteiger partial charge >= 0.3 is 0 Å². The van der Waals surface area contributed by atoms with Crippen molar-refractivity contribution in [3.05, 3.63) is 0 Å². The molecule has 0 saturated heterocycles. The summed E-state index contributed by atoms with van der Waals surface area (Å²) < 4.78 is 36.1. The van der Waals surface area contributed by atoms with Crippen LogP contribution in [-0.4, -0.2) is 28.0 Å². The zero-order valence-electron chi connectivity index (χ0n) is 5.60. The number of hydrogen-bond donors (Lipinski definition) is 2. The fraction of sp³-hybridized carbons (Fsp3) is 1.00. The molecule has 0 aromatic rings. The van der Waals surface area contributed by atoms with Crippen LogP contribution in [0.4, 0.5) is 0 Å². The smallest absolute Gasteiger partial charge is 0.171 e. The van der Waals surface area contributed by atoms with E-state index in [2.05, 4.69) is 0 Å². The van der Waals surface area contributed by atoms with E-state index < -0.39 is 26.9 Å². The van der Waals surface area contributed by atoms with Gasteiger partial charge in [0.05, 0.1) is 0 Å². The molecule has 7 heteroatoms. The minimum Gasteiger partial charge on any atom is -0.306 e. The van der Waals surface area contributed by atoms with Crippen LogP contribution in [0.3, 0.4) is 0 Å². The molecule has 0 aliphatic rings. The highest BCUT2D eigenvalue weighted by Crippen LogP contribution is 2.08. The largest absolute Gasteiger partial charge is 0.306 e. The third-order valence-corrected chi connectivity index (χ3v) is 2.96. The van der Waals surface area contributed by atoms with Crippen molar-refractivity contribution < 1.29 is 17.5 Å². The summed E-state index contributed by atoms with van der Waals surface area (Å²) in [7, 11) is 0. The quantitative estimate of drug-likeness (QED) is 0.530. The lowest BCUT2D eigenvalue weighted by molar-refractivity contribution is 0.550. The van der Waals surface area contributed by atoms with Gasteiger partial charge in [-0.1, -0.05) is 0 Å². The molecule has 2 N–H and O–H groups in total. The molecule has 68 valence electrons. The van der Waals surface area contributed by atoms with E-state index in [0.717, 1.165) is 0 Å². The maximum Gasteiger partial charge on any atom is 0.171 e. The highest BCUT2D eigenvalue weighted by molar-refractivity contribution is 7.81. The number of hydrogen-bond acceptors (Lipinski definition) is 2. The molecule has 3 unspecified atom stereocenters. The second kappa shape index (κ2) is 6.07. The predicted molar refractivity (Wildman–Crippen MR) is 45.3 cm³/mol. The van der Waals surface area contributed by atoms with Gasteiger partial charge in [-0.05, 0) is 12.8 Å². The fourth-order valence-corrected chi connectivity index (χ4v) is 1.40. The summed E-state index contributed by atoms with van der Waals surface area (Å²) in [5.41, 5.74) is 0. The Bertz CT molecular complexity index is 162. The van der Waals surface area contributed by atoms with E-state index in [1.165, 1.54) is 0 Å². The summed E-state index contributed by atoms with van der Waals surface area (Å²) in [6.45, 7) is 0. The molecule has 0 fully saturated rings. The molecule has 0 aliphatic carbocycles. The SMILES string of the molecule is O=S(O)CCCC(Cl)S(=O)O. The van der Waals surface area contributed by atoms with Crippen molar-refractivity contribution in [1.82, 2.24) is 0 Å². The first kappa shape index (κ1) is 11.5. The van der Waals surface area contributed by atoms with Crippen molar-refractivity contribution >= 4 is 33.8 Å². The minimum absolute atomic E-state index is 0.0976. The van der Waals surface area contributed by atoms with E-state index in [0.29, 0.717) is 6.42 Å². The molecule has 0 aromatic heterocycles. The van der Waals surface area contributed by atoms with Gasteiger partial charge in [0.25, 0.3) is 0 Å². The Morgan fingerprint density at radius 1 is 1.36 bits per heavy atom. The van der Waals surface area contributed by atoms with E-state index in [1.54, 1.807) is 0 Å². The van der Waals surface area contributed by atoms with Gasteiger partial charge in [0.15, 0.2) is 22.2 Å². The zero-order valence-corrected chi connectivity index (χ0v) is 7.99. The van der Waals surface area contributed by atoms with Crippen molar-refractivity contribution in [2.75, 3.05) is 5.75 Å². The monoisotopic (exact) mass is 220 g/mol. The normalized spacial score (nSPS) is 19.2. The van der Waals surface area contributed by atoms with E-state index in [9.17, 15) is 8.42 Å². The Morgan fingerprint density at radius 3 is 2.27 bits per heavy atom. The molecule has 0 aromatic carbocycles. The number of halogens is 1. The summed E-state index contributed by atoms with van der Waals surface area (Å²) >= 11 is 1.49. The van der Waals surface area contributed by atoms with Gasteiger partial charge in [0.1, 0.15) is 4.71 Å². The summed E-state index contributed by atoms with van der Waals surface area (Å²) in [5.74, 6) is 0.0976. The Morgan fingerprint density at radius 2 is 1.91 bits per heavy atom. The molecule has 0 aliphatic heterocycles. The van der Waals surface area contributed by atoms with Crippen LogP contribution in [0.25, 0.3) is 0 Å². The van der Waals surface area contributed by atoms with Crippen LogP contribution in [0, 0.1) is 0 Å². The maximum atomic E-state index is 10.2. The Labute approximate surface area is 74.9 Å². The average molecular weight is 221 g/mol. The lowest BCUT2D eigenvalue weighted by Gasteiger charge is -2.01. The highest BCUT2D eigenvalue weighted by atomic mass is 35.5. The van der Waals surface area contributed by atoms with E-state index in [-0.39, 0.29) is 12.2 Å². The summed E-state index contributed by atoms with van der Waals surface area (Å²) in [5, 5.41) is 0. The van der Waals surface area contributed by atoms with Crippen LogP contribution < -0.4 is 0 Å². The van der Waals surface area contributed by atoms with Crippen LogP contribution in [0.15, 0.2) is 0 Å². The first-order valence-corrected chi connectivity index (χ1v) is 5.73. The van der Waals surface area contributed by atoms with Crippen LogP contribution >= 0.6 is 11.6 Å². The Hall–Kier alpha value is 0.510. The second-order valence-corrected chi connectivity index (χ2v) is 4.81. The van der Waals surface area contributed by atoms with E-state index >= 15 is 0 Å². The molecule has 0 saturated carbocycles. The van der Waals surface area contributed by atoms with E-state index in [1.807, 2.05) is 0 Å². The predicted octanol–water partition coefficient (Wildman–Crippen LogP) is 0.775. The standard InChI is InChI=1S/C4H9ClO4S2/c5-4(11(8)9)2-1-3-10(6)7/h4H,1-3H2,(H,6,7)(H,8,9). The van der Waals surface area contributed by atoms with Crippen molar-refractivity contribution in [2.24, 2.45) is 0 Å². The van der Waals surface area contributed by atoms with Crippen LogP contribution in [0.2, 0.25) is 0 Å². The zero-order chi connectivity index (χ0) is 8.85. The van der Waals surface area contributed by atoms with Gasteiger partial charge in [0, 0.05) is 5.75 Å². The first-order valence-electron chi connectivity index (χ1n) is 2.85. The molecule has 11 heavy (non-hydrogen) atoms. The Balaban J connectivity index is 3.39. The van der Waals surface area contributed by atoms with Crippen molar-refractivity contribution in [1.29, 1.82) is 0 Å². The molecule has 3 atom stereocenters. The van der Waals surface area contributed by atoms with Gasteiger partial charge in [-0.3, -0.25) is 0 Å². The van der Waals surface area contributed by atoms with Gasteiger partial charge < -0.3 is 9.11 Å². The van der Waals surface area contributed by atoms with E-state index in [4.69, 9.17) is 20.7 Å². The third-order valence-electron chi connectivity index (χ3n) is 0.969. The van der Waals surface area contributed by atoms with Crippen LogP contribution in [0.5, 0.6) is 0 Å². The van der Waals surface area contributed by atoms with Gasteiger partial charge in [-0.2, -0.15) is 0 Å². The van der Waals surface area contributed by atoms with Crippen LogP contribution in [0.1, 0.15) is 12.8 Å². The van der Waals surface area contributed by atoms with Crippen molar-refractivity contribution in [3.63, 3.8) is 0 Å². The Kier molecular flexibility index (Phi) is 6.36. The summed E-state index contributed by atoms with van der Waals surface area (Å²) in [6, 6.07) is 0. The van der Waals surface area contributed by atoms with Crippen molar-refractivity contribution in [3.8, 4) is 0 Å².